The summed E-state index contributed by atoms with van der Waals surface area (Å²) >= 11 is 0. The Morgan fingerprint density at radius 2 is 2.09 bits per heavy atom. The van der Waals surface area contributed by atoms with Gasteiger partial charge >= 0.3 is 0 Å². The van der Waals surface area contributed by atoms with Gasteiger partial charge in [-0.25, -0.2) is 0 Å². The highest BCUT2D eigenvalue weighted by Gasteiger charge is 2.05. The van der Waals surface area contributed by atoms with Crippen LogP contribution < -0.4 is 5.53 Å². The third-order valence-electron chi connectivity index (χ3n) is 1.42. The van der Waals surface area contributed by atoms with Crippen LogP contribution in [0.4, 0.5) is 5.69 Å². The van der Waals surface area contributed by atoms with Crippen LogP contribution in [-0.2, 0) is 0 Å². The molecule has 3 heteroatoms. The van der Waals surface area contributed by atoms with E-state index in [2.05, 4.69) is 5.11 Å². The number of ketones is 1. The number of carbonyl (C=O) groups excluding carboxylic acids is 1. The van der Waals surface area contributed by atoms with Crippen LogP contribution in [0.1, 0.15) is 17.3 Å². The summed E-state index contributed by atoms with van der Waals surface area (Å²) in [5.74, 6) is -0.0187. The number of Topliss-reactive ketones (excluding diaryl/α,β-unsaturated/α-hetero) is 1. The van der Waals surface area contributed by atoms with Crippen LogP contribution >= 0.6 is 0 Å². The number of rotatable bonds is 2. The van der Waals surface area contributed by atoms with E-state index in [9.17, 15) is 4.79 Å². The Labute approximate surface area is 64.6 Å². The maximum atomic E-state index is 10.9. The van der Waals surface area contributed by atoms with Crippen LogP contribution in [0.15, 0.2) is 29.4 Å². The minimum Gasteiger partial charge on any atom is -0.294 e. The monoisotopic (exact) mass is 149 g/mol. The summed E-state index contributed by atoms with van der Waals surface area (Å²) in [6, 6.07) is 6.98. The Kier molecular flexibility index (Phi) is 2.11. The molecule has 1 aromatic carbocycles. The molecule has 0 radical (unpaired) electrons. The van der Waals surface area contributed by atoms with Crippen molar-refractivity contribution in [3.05, 3.63) is 29.8 Å². The molecule has 0 aromatic heterocycles. The molecule has 56 valence electrons. The minimum absolute atomic E-state index is 0.0187. The van der Waals surface area contributed by atoms with E-state index in [4.69, 9.17) is 5.53 Å². The van der Waals surface area contributed by atoms with Crippen LogP contribution in [0.5, 0.6) is 0 Å². The summed E-state index contributed by atoms with van der Waals surface area (Å²) in [7, 11) is 0. The number of hydrogen-bond acceptors (Lipinski definition) is 2. The number of benzene rings is 1. The molecule has 0 heterocycles. The van der Waals surface area contributed by atoms with Gasteiger partial charge in [0, 0.05) is 5.56 Å². The van der Waals surface area contributed by atoms with Crippen molar-refractivity contribution in [1.82, 2.24) is 0 Å². The van der Waals surface area contributed by atoms with Crippen molar-refractivity contribution >= 4 is 11.5 Å². The van der Waals surface area contributed by atoms with Crippen molar-refractivity contribution in [2.24, 2.45) is 5.11 Å². The number of nitrogens with two attached hydrogens (primary N) is 1. The lowest BCUT2D eigenvalue weighted by molar-refractivity contribution is -0.210. The number of nitrogens with zero attached hydrogens (tertiary/aromatic N) is 1. The summed E-state index contributed by atoms with van der Waals surface area (Å²) in [6.07, 6.45) is 0. The fourth-order valence-corrected chi connectivity index (χ4v) is 0.884. The summed E-state index contributed by atoms with van der Waals surface area (Å²) < 4.78 is 0. The van der Waals surface area contributed by atoms with Crippen LogP contribution in [0.25, 0.3) is 0 Å². The highest BCUT2D eigenvalue weighted by atomic mass is 16.1. The van der Waals surface area contributed by atoms with Crippen molar-refractivity contribution in [3.63, 3.8) is 0 Å². The second-order valence-electron chi connectivity index (χ2n) is 2.20. The molecular weight excluding hydrogens is 140 g/mol. The zero-order valence-corrected chi connectivity index (χ0v) is 6.24. The zero-order valence-electron chi connectivity index (χ0n) is 6.24. The maximum absolute atomic E-state index is 10.9. The van der Waals surface area contributed by atoms with E-state index in [1.807, 2.05) is 0 Å². The van der Waals surface area contributed by atoms with E-state index in [0.717, 1.165) is 0 Å². The molecule has 0 fully saturated rings. The lowest BCUT2D eigenvalue weighted by Crippen LogP contribution is -2.22. The molecular formula is C8H9N2O+. The van der Waals surface area contributed by atoms with E-state index in [1.54, 1.807) is 24.3 Å². The van der Waals surface area contributed by atoms with Gasteiger partial charge in [0.05, 0.1) is 0 Å². The number of hydrogen-bond donors (Lipinski definition) is 1. The molecule has 0 amide bonds. The first-order valence-corrected chi connectivity index (χ1v) is 3.26. The van der Waals surface area contributed by atoms with Gasteiger partial charge in [0.2, 0.25) is 0 Å². The topological polar surface area (TPSA) is 55.0 Å². The zero-order chi connectivity index (χ0) is 8.27. The number of carbonyl (C=O) groups is 1. The average Bonchev–Trinajstić information content (AvgIpc) is 2.04. The summed E-state index contributed by atoms with van der Waals surface area (Å²) in [5, 5.41) is 3.47. The lowest BCUT2D eigenvalue weighted by atomic mass is 10.1. The van der Waals surface area contributed by atoms with Crippen molar-refractivity contribution in [1.29, 1.82) is 0 Å². The van der Waals surface area contributed by atoms with Gasteiger partial charge in [0.15, 0.2) is 5.78 Å². The van der Waals surface area contributed by atoms with Gasteiger partial charge in [0.25, 0.3) is 0 Å². The van der Waals surface area contributed by atoms with Crippen LogP contribution in [0.2, 0.25) is 0 Å². The van der Waals surface area contributed by atoms with E-state index in [-0.39, 0.29) is 5.78 Å². The molecule has 3 nitrogen and oxygen atoms in total. The molecule has 2 N–H and O–H groups in total. The SMILES string of the molecule is CC(=O)c1ccccc1N=[NH2+]. The van der Waals surface area contributed by atoms with Crippen LogP contribution in [0.3, 0.4) is 0 Å². The largest absolute Gasteiger partial charge is 0.294 e. The Bertz CT molecular complexity index is 294. The summed E-state index contributed by atoms with van der Waals surface area (Å²) in [6.45, 7) is 1.49. The van der Waals surface area contributed by atoms with Gasteiger partial charge in [0.1, 0.15) is 5.69 Å². The van der Waals surface area contributed by atoms with Gasteiger partial charge < -0.3 is 0 Å². The first-order valence-electron chi connectivity index (χ1n) is 3.26. The quantitative estimate of drug-likeness (QED) is 0.489. The fourth-order valence-electron chi connectivity index (χ4n) is 0.884. The Morgan fingerprint density at radius 3 is 2.55 bits per heavy atom. The van der Waals surface area contributed by atoms with Gasteiger partial charge in [-0.2, -0.15) is 5.53 Å². The minimum atomic E-state index is -0.0187. The van der Waals surface area contributed by atoms with Crippen LogP contribution in [-0.4, -0.2) is 5.78 Å². The average molecular weight is 149 g/mol. The molecule has 0 bridgehead atoms. The van der Waals surface area contributed by atoms with E-state index < -0.39 is 0 Å². The molecule has 1 rings (SSSR count). The molecule has 0 aliphatic rings. The molecule has 0 spiro atoms. The predicted molar refractivity (Wildman–Crippen MR) is 40.5 cm³/mol. The Balaban J connectivity index is 3.22. The van der Waals surface area contributed by atoms with E-state index in [1.165, 1.54) is 6.92 Å². The lowest BCUT2D eigenvalue weighted by Gasteiger charge is -1.94. The van der Waals surface area contributed by atoms with Crippen molar-refractivity contribution in [2.45, 2.75) is 6.92 Å². The highest BCUT2D eigenvalue weighted by Crippen LogP contribution is 2.16. The Morgan fingerprint density at radius 1 is 1.45 bits per heavy atom. The second kappa shape index (κ2) is 3.05. The molecule has 11 heavy (non-hydrogen) atoms. The maximum Gasteiger partial charge on any atom is 0.162 e. The van der Waals surface area contributed by atoms with Crippen molar-refractivity contribution in [2.75, 3.05) is 0 Å². The molecule has 0 atom stereocenters. The first kappa shape index (κ1) is 7.60. The standard InChI is InChI=1S/C8H8N2O/c1-6(11)7-4-2-3-5-8(7)10-9/h2-5,9H,1H3/p+1. The molecule has 1 aromatic rings. The first-order chi connectivity index (χ1) is 5.25. The van der Waals surface area contributed by atoms with Gasteiger partial charge in [-0.1, -0.05) is 12.1 Å². The van der Waals surface area contributed by atoms with Crippen molar-refractivity contribution < 1.29 is 10.3 Å². The fraction of sp³-hybridized carbons (Fsp3) is 0.125. The van der Waals surface area contributed by atoms with E-state index >= 15 is 0 Å². The molecule has 0 saturated heterocycles. The third-order valence-corrected chi connectivity index (χ3v) is 1.42. The molecule has 0 aliphatic heterocycles. The van der Waals surface area contributed by atoms with Crippen molar-refractivity contribution in [3.8, 4) is 0 Å². The normalized spacial score (nSPS) is 9.18. The van der Waals surface area contributed by atoms with Gasteiger partial charge in [-0.3, -0.25) is 4.79 Å². The molecule has 0 saturated carbocycles. The van der Waals surface area contributed by atoms with E-state index in [0.29, 0.717) is 11.3 Å². The summed E-state index contributed by atoms with van der Waals surface area (Å²) in [4.78, 5) is 10.9. The van der Waals surface area contributed by atoms with Gasteiger partial charge in [-0.05, 0) is 24.2 Å². The predicted octanol–water partition coefficient (Wildman–Crippen LogP) is 0.732. The summed E-state index contributed by atoms with van der Waals surface area (Å²) in [5.41, 5.74) is 6.17. The Hall–Kier alpha value is -1.51. The highest BCUT2D eigenvalue weighted by molar-refractivity contribution is 5.98. The second-order valence-corrected chi connectivity index (χ2v) is 2.20. The third kappa shape index (κ3) is 1.49. The molecule has 0 aliphatic carbocycles. The van der Waals surface area contributed by atoms with Gasteiger partial charge in [-0.15, -0.1) is 0 Å². The van der Waals surface area contributed by atoms with Crippen LogP contribution in [0, 0.1) is 0 Å². The molecule has 0 unspecified atom stereocenters. The smallest absolute Gasteiger partial charge is 0.162 e.